The van der Waals surface area contributed by atoms with Gasteiger partial charge in [0.15, 0.2) is 5.13 Å². The quantitative estimate of drug-likeness (QED) is 0.249. The molecular formula is C30H35ClFN3O7S2. The number of ether oxygens (including phenoxy) is 4. The van der Waals surface area contributed by atoms with Crippen LogP contribution in [0, 0.1) is 5.82 Å². The maximum atomic E-state index is 15.7. The molecule has 5 rings (SSSR count). The van der Waals surface area contributed by atoms with Crippen LogP contribution in [0.25, 0.3) is 0 Å². The Kier molecular flexibility index (Phi) is 9.20. The number of rotatable bonds is 9. The third kappa shape index (κ3) is 6.69. The number of methoxy groups -OCH3 is 2. The average molecular weight is 668 g/mol. The largest absolute Gasteiger partial charge is 0.497 e. The smallest absolute Gasteiger partial charge is 0.410 e. The van der Waals surface area contributed by atoms with E-state index >= 15 is 4.39 Å². The minimum Gasteiger partial charge on any atom is -0.497 e. The van der Waals surface area contributed by atoms with Crippen LogP contribution in [0.3, 0.4) is 0 Å². The van der Waals surface area contributed by atoms with Crippen LogP contribution < -0.4 is 18.5 Å². The third-order valence-electron chi connectivity index (χ3n) is 7.58. The van der Waals surface area contributed by atoms with Gasteiger partial charge in [-0.05, 0) is 51.8 Å². The fourth-order valence-corrected chi connectivity index (χ4v) is 8.28. The summed E-state index contributed by atoms with van der Waals surface area (Å²) in [5.74, 6) is -0.0427. The van der Waals surface area contributed by atoms with Crippen LogP contribution in [-0.2, 0) is 21.3 Å². The lowest BCUT2D eigenvalue weighted by atomic mass is 10.00. The van der Waals surface area contributed by atoms with Crippen molar-refractivity contribution in [1.82, 2.24) is 9.88 Å². The number of nitrogens with zero attached hydrogens (tertiary/aromatic N) is 3. The predicted octanol–water partition coefficient (Wildman–Crippen LogP) is 6.66. The molecule has 3 heterocycles. The number of carbonyl (C=O) groups is 1. The zero-order chi connectivity index (χ0) is 31.8. The SMILES string of the molecule is COc1ccc(CN(c2nccs2)S(=O)(=O)c2cc(Cl)c(O[C@@H]3C[C@H]4CC[C@@H](C3)N4C(=O)OC(C)(C)C)cc2F)c(OC)c1. The van der Waals surface area contributed by atoms with Crippen molar-refractivity contribution >= 4 is 44.2 Å². The second-order valence-corrected chi connectivity index (χ2v) is 14.8. The van der Waals surface area contributed by atoms with Crippen LogP contribution >= 0.6 is 22.9 Å². The van der Waals surface area contributed by atoms with E-state index in [-0.39, 0.29) is 46.7 Å². The summed E-state index contributed by atoms with van der Waals surface area (Å²) in [5.41, 5.74) is -0.0850. The normalized spacial score (nSPS) is 19.9. The number of anilines is 1. The molecule has 3 aromatic rings. The first-order valence-electron chi connectivity index (χ1n) is 14.1. The standard InChI is InChI=1S/C30H35ClFN3O7S2/c1-30(2,3)42-29(36)35-19-7-8-20(35)13-22(12-19)41-26-16-24(32)27(15-23(26)31)44(37,38)34(28-33-10-11-43-28)17-18-6-9-21(39-4)14-25(18)40-5/h6,9-11,14-16,19-20,22H,7-8,12-13,17H2,1-5H3/t19-,20+,22-. The Hall–Kier alpha value is -3.29. The summed E-state index contributed by atoms with van der Waals surface area (Å²) in [5, 5.41) is 1.73. The van der Waals surface area contributed by atoms with Gasteiger partial charge in [-0.2, -0.15) is 0 Å². The molecule has 0 saturated carbocycles. The summed E-state index contributed by atoms with van der Waals surface area (Å²) in [6.45, 7) is 5.30. The van der Waals surface area contributed by atoms with Gasteiger partial charge in [-0.3, -0.25) is 0 Å². The zero-order valence-electron chi connectivity index (χ0n) is 25.1. The van der Waals surface area contributed by atoms with E-state index in [1.165, 1.54) is 20.4 Å². The van der Waals surface area contributed by atoms with Crippen molar-refractivity contribution in [3.8, 4) is 17.2 Å². The van der Waals surface area contributed by atoms with Crippen LogP contribution in [0.2, 0.25) is 5.02 Å². The summed E-state index contributed by atoms with van der Waals surface area (Å²) in [6.07, 6.45) is 3.46. The van der Waals surface area contributed by atoms with Gasteiger partial charge in [-0.15, -0.1) is 11.3 Å². The molecule has 2 bridgehead atoms. The number of hydrogen-bond donors (Lipinski definition) is 0. The molecule has 1 aromatic heterocycles. The van der Waals surface area contributed by atoms with Crippen LogP contribution in [-0.4, -0.2) is 62.4 Å². The lowest BCUT2D eigenvalue weighted by molar-refractivity contribution is -0.00710. The van der Waals surface area contributed by atoms with E-state index in [0.717, 1.165) is 40.6 Å². The van der Waals surface area contributed by atoms with Crippen molar-refractivity contribution in [1.29, 1.82) is 0 Å². The number of amides is 1. The Bertz CT molecular complexity index is 1600. The molecule has 1 amide bonds. The molecule has 2 fully saturated rings. The molecule has 3 atom stereocenters. The van der Waals surface area contributed by atoms with Gasteiger partial charge in [0.05, 0.1) is 25.8 Å². The van der Waals surface area contributed by atoms with Gasteiger partial charge in [0.1, 0.15) is 39.7 Å². The molecule has 10 nitrogen and oxygen atoms in total. The molecule has 0 aliphatic carbocycles. The first-order chi connectivity index (χ1) is 20.8. The Morgan fingerprint density at radius 2 is 1.82 bits per heavy atom. The minimum atomic E-state index is -4.48. The van der Waals surface area contributed by atoms with Gasteiger partial charge in [0, 0.05) is 54.2 Å². The van der Waals surface area contributed by atoms with Crippen LogP contribution in [0.15, 0.2) is 46.8 Å². The van der Waals surface area contributed by atoms with Gasteiger partial charge in [0.2, 0.25) is 0 Å². The predicted molar refractivity (Wildman–Crippen MR) is 165 cm³/mol. The highest BCUT2D eigenvalue weighted by Crippen LogP contribution is 2.41. The van der Waals surface area contributed by atoms with Gasteiger partial charge in [0.25, 0.3) is 10.0 Å². The van der Waals surface area contributed by atoms with E-state index < -0.39 is 26.3 Å². The fourth-order valence-electron chi connectivity index (χ4n) is 5.66. The highest BCUT2D eigenvalue weighted by Gasteiger charge is 2.46. The number of thiazole rings is 1. The average Bonchev–Trinajstić information content (AvgIpc) is 3.58. The van der Waals surface area contributed by atoms with Crippen molar-refractivity contribution in [3.63, 3.8) is 0 Å². The van der Waals surface area contributed by atoms with Crippen molar-refractivity contribution in [2.75, 3.05) is 18.5 Å². The number of piperidine rings is 1. The second kappa shape index (κ2) is 12.6. The molecule has 44 heavy (non-hydrogen) atoms. The number of benzene rings is 2. The van der Waals surface area contributed by atoms with E-state index in [1.54, 1.807) is 28.5 Å². The monoisotopic (exact) mass is 667 g/mol. The molecule has 0 unspecified atom stereocenters. The number of sulfonamides is 1. The van der Waals surface area contributed by atoms with Gasteiger partial charge >= 0.3 is 6.09 Å². The molecule has 0 radical (unpaired) electrons. The maximum Gasteiger partial charge on any atom is 0.410 e. The van der Waals surface area contributed by atoms with E-state index in [1.807, 2.05) is 20.8 Å². The fraction of sp³-hybridized carbons (Fsp3) is 0.467. The maximum absolute atomic E-state index is 15.7. The second-order valence-electron chi connectivity index (χ2n) is 11.7. The third-order valence-corrected chi connectivity index (χ3v) is 10.5. The van der Waals surface area contributed by atoms with Crippen molar-refractivity contribution in [2.24, 2.45) is 0 Å². The van der Waals surface area contributed by atoms with E-state index in [0.29, 0.717) is 29.9 Å². The van der Waals surface area contributed by atoms with Crippen LogP contribution in [0.5, 0.6) is 17.2 Å². The summed E-state index contributed by atoms with van der Waals surface area (Å²) >= 11 is 7.63. The molecule has 2 aliphatic rings. The summed E-state index contributed by atoms with van der Waals surface area (Å²) < 4.78 is 67.1. The Morgan fingerprint density at radius 3 is 2.41 bits per heavy atom. The number of aromatic nitrogens is 1. The summed E-state index contributed by atoms with van der Waals surface area (Å²) in [6, 6.07) is 6.92. The van der Waals surface area contributed by atoms with Crippen molar-refractivity contribution in [2.45, 2.75) is 81.7 Å². The topological polar surface area (TPSA) is 108 Å². The van der Waals surface area contributed by atoms with E-state index in [9.17, 15) is 13.2 Å². The molecule has 238 valence electrons. The highest BCUT2D eigenvalue weighted by atomic mass is 35.5. The number of carbonyl (C=O) groups excluding carboxylic acids is 1. The first kappa shape index (κ1) is 32.1. The molecule has 2 aromatic carbocycles. The number of halogens is 2. The molecule has 0 spiro atoms. The lowest BCUT2D eigenvalue weighted by Gasteiger charge is -2.39. The summed E-state index contributed by atoms with van der Waals surface area (Å²) in [7, 11) is -1.51. The van der Waals surface area contributed by atoms with Gasteiger partial charge < -0.3 is 23.8 Å². The van der Waals surface area contributed by atoms with E-state index in [4.69, 9.17) is 30.5 Å². The van der Waals surface area contributed by atoms with Gasteiger partial charge in [-0.25, -0.2) is 26.9 Å². The molecule has 2 aliphatic heterocycles. The number of fused-ring (bicyclic) bond motifs is 2. The summed E-state index contributed by atoms with van der Waals surface area (Å²) in [4.78, 5) is 18.2. The van der Waals surface area contributed by atoms with Crippen LogP contribution in [0.4, 0.5) is 14.3 Å². The first-order valence-corrected chi connectivity index (χ1v) is 16.8. The Balaban J connectivity index is 1.38. The highest BCUT2D eigenvalue weighted by molar-refractivity contribution is 7.93. The minimum absolute atomic E-state index is 0.0378. The molecule has 0 N–H and O–H groups in total. The molecule has 2 saturated heterocycles. The van der Waals surface area contributed by atoms with Crippen molar-refractivity contribution in [3.05, 3.63) is 58.3 Å². The number of hydrogen-bond acceptors (Lipinski definition) is 9. The zero-order valence-corrected chi connectivity index (χ0v) is 27.5. The molecular weight excluding hydrogens is 633 g/mol. The van der Waals surface area contributed by atoms with Crippen LogP contribution in [0.1, 0.15) is 52.0 Å². The van der Waals surface area contributed by atoms with Crippen molar-refractivity contribution < 1.29 is 36.6 Å². The lowest BCUT2D eigenvalue weighted by Crippen LogP contribution is -2.50. The Labute approximate surface area is 265 Å². The van der Waals surface area contributed by atoms with Gasteiger partial charge in [-0.1, -0.05) is 11.6 Å². The molecule has 14 heteroatoms. The Morgan fingerprint density at radius 1 is 1.11 bits per heavy atom. The van der Waals surface area contributed by atoms with E-state index in [2.05, 4.69) is 4.98 Å².